The molecule has 1 aliphatic carbocycles. The maximum atomic E-state index is 12.6. The number of halogens is 1. The number of carboxylic acid groups (broad SMARTS) is 1. The van der Waals surface area contributed by atoms with Crippen LogP contribution < -0.4 is 0 Å². The van der Waals surface area contributed by atoms with Crippen molar-refractivity contribution < 1.29 is 14.7 Å². The third-order valence-corrected chi connectivity index (χ3v) is 5.62. The number of hydrogen-bond donors (Lipinski definition) is 1. The first kappa shape index (κ1) is 14.7. The minimum atomic E-state index is -0.907. The maximum Gasteiger partial charge on any atom is 0.327 e. The van der Waals surface area contributed by atoms with Gasteiger partial charge in [-0.25, -0.2) is 4.79 Å². The third-order valence-electron chi connectivity index (χ3n) is 3.90. The van der Waals surface area contributed by atoms with Gasteiger partial charge >= 0.3 is 5.97 Å². The van der Waals surface area contributed by atoms with Crippen molar-refractivity contribution in [1.82, 2.24) is 4.90 Å². The highest BCUT2D eigenvalue weighted by Gasteiger charge is 2.47. The average Bonchev–Trinajstić information content (AvgIpc) is 3.19. The zero-order valence-electron chi connectivity index (χ0n) is 11.4. The molecule has 4 nitrogen and oxygen atoms in total. The predicted molar refractivity (Wildman–Crippen MR) is 82.4 cm³/mol. The summed E-state index contributed by atoms with van der Waals surface area (Å²) in [5.74, 6) is -0.0571. The van der Waals surface area contributed by atoms with Crippen molar-refractivity contribution >= 4 is 35.2 Å². The van der Waals surface area contributed by atoms with Crippen LogP contribution >= 0.6 is 23.4 Å². The number of rotatable bonds is 4. The average molecular weight is 326 g/mol. The van der Waals surface area contributed by atoms with Crippen LogP contribution in [0, 0.1) is 5.92 Å². The van der Waals surface area contributed by atoms with E-state index in [0.717, 1.165) is 18.4 Å². The summed E-state index contributed by atoms with van der Waals surface area (Å²) in [7, 11) is 0. The number of carbonyl (C=O) groups excluding carboxylic acids is 1. The summed E-state index contributed by atoms with van der Waals surface area (Å²) in [5.41, 5.74) is 0.861. The number of amides is 1. The smallest absolute Gasteiger partial charge is 0.327 e. The molecular weight excluding hydrogens is 310 g/mol. The highest BCUT2D eigenvalue weighted by molar-refractivity contribution is 8.00. The van der Waals surface area contributed by atoms with Crippen molar-refractivity contribution in [1.29, 1.82) is 0 Å². The quantitative estimate of drug-likeness (QED) is 0.924. The number of thioether (sulfide) groups is 1. The standard InChI is InChI=1S/C15H16ClNO3S/c16-11-5-1-9(2-6-11)7-13(18)17-12(15(19)20)8-21-14(17)10-3-4-10/h1-2,5-6,10,12,14H,3-4,7-8H2,(H,19,20). The molecule has 1 aromatic carbocycles. The van der Waals surface area contributed by atoms with Crippen molar-refractivity contribution in [3.05, 3.63) is 34.9 Å². The monoisotopic (exact) mass is 325 g/mol. The molecule has 1 N–H and O–H groups in total. The summed E-state index contributed by atoms with van der Waals surface area (Å²) in [5, 5.41) is 9.99. The molecule has 1 heterocycles. The Labute approximate surface area is 132 Å². The van der Waals surface area contributed by atoms with Gasteiger partial charge in [0, 0.05) is 10.8 Å². The first-order chi connectivity index (χ1) is 10.1. The van der Waals surface area contributed by atoms with E-state index in [2.05, 4.69) is 0 Å². The van der Waals surface area contributed by atoms with Gasteiger partial charge in [-0.05, 0) is 36.5 Å². The Kier molecular flexibility index (Phi) is 4.13. The molecule has 1 saturated heterocycles. The van der Waals surface area contributed by atoms with Gasteiger partial charge < -0.3 is 10.0 Å². The van der Waals surface area contributed by atoms with Gasteiger partial charge in [0.1, 0.15) is 6.04 Å². The van der Waals surface area contributed by atoms with Gasteiger partial charge in [0.15, 0.2) is 0 Å². The Morgan fingerprint density at radius 2 is 1.95 bits per heavy atom. The van der Waals surface area contributed by atoms with Crippen LogP contribution in [0.4, 0.5) is 0 Å². The number of carbonyl (C=O) groups is 2. The zero-order chi connectivity index (χ0) is 15.0. The van der Waals surface area contributed by atoms with Crippen LogP contribution in [-0.4, -0.2) is 39.1 Å². The first-order valence-electron chi connectivity index (χ1n) is 6.96. The Morgan fingerprint density at radius 1 is 1.29 bits per heavy atom. The van der Waals surface area contributed by atoms with E-state index in [1.165, 1.54) is 0 Å². The topological polar surface area (TPSA) is 57.6 Å². The summed E-state index contributed by atoms with van der Waals surface area (Å²) in [6.07, 6.45) is 2.41. The van der Waals surface area contributed by atoms with E-state index in [1.54, 1.807) is 28.8 Å². The molecule has 6 heteroatoms. The summed E-state index contributed by atoms with van der Waals surface area (Å²) in [6.45, 7) is 0. The number of benzene rings is 1. The number of aliphatic carboxylic acids is 1. The fourth-order valence-corrected chi connectivity index (χ4v) is 4.42. The van der Waals surface area contributed by atoms with Crippen molar-refractivity contribution in [3.63, 3.8) is 0 Å². The Morgan fingerprint density at radius 3 is 2.52 bits per heavy atom. The van der Waals surface area contributed by atoms with E-state index in [-0.39, 0.29) is 17.7 Å². The van der Waals surface area contributed by atoms with Gasteiger partial charge in [0.2, 0.25) is 5.91 Å². The lowest BCUT2D eigenvalue weighted by Gasteiger charge is -2.27. The highest BCUT2D eigenvalue weighted by atomic mass is 35.5. The molecule has 1 amide bonds. The minimum absolute atomic E-state index is 0.0332. The summed E-state index contributed by atoms with van der Waals surface area (Å²) >= 11 is 7.44. The molecule has 112 valence electrons. The second-order valence-corrected chi connectivity index (χ2v) is 7.11. The second kappa shape index (κ2) is 5.89. The van der Waals surface area contributed by atoms with E-state index in [9.17, 15) is 14.7 Å². The molecule has 0 aromatic heterocycles. The van der Waals surface area contributed by atoms with Crippen molar-refractivity contribution in [2.45, 2.75) is 30.7 Å². The summed E-state index contributed by atoms with van der Waals surface area (Å²) in [6, 6.07) is 6.42. The van der Waals surface area contributed by atoms with Gasteiger partial charge in [-0.2, -0.15) is 0 Å². The van der Waals surface area contributed by atoms with Crippen LogP contribution in [-0.2, 0) is 16.0 Å². The Hall–Kier alpha value is -1.20. The molecule has 0 radical (unpaired) electrons. The zero-order valence-corrected chi connectivity index (χ0v) is 12.9. The van der Waals surface area contributed by atoms with Crippen LogP contribution in [0.5, 0.6) is 0 Å². The SMILES string of the molecule is O=C(O)C1CSC(C2CC2)N1C(=O)Cc1ccc(Cl)cc1. The molecule has 2 aliphatic rings. The van der Waals surface area contributed by atoms with Gasteiger partial charge in [0.25, 0.3) is 0 Å². The molecule has 2 atom stereocenters. The van der Waals surface area contributed by atoms with Crippen LogP contribution in [0.3, 0.4) is 0 Å². The maximum absolute atomic E-state index is 12.6. The van der Waals surface area contributed by atoms with E-state index >= 15 is 0 Å². The summed E-state index contributed by atoms with van der Waals surface area (Å²) < 4.78 is 0. The van der Waals surface area contributed by atoms with Gasteiger partial charge in [0.05, 0.1) is 11.8 Å². The van der Waals surface area contributed by atoms with E-state index < -0.39 is 12.0 Å². The van der Waals surface area contributed by atoms with Crippen molar-refractivity contribution in [3.8, 4) is 0 Å². The second-order valence-electron chi connectivity index (χ2n) is 5.52. The molecule has 0 spiro atoms. The third kappa shape index (κ3) is 3.19. The van der Waals surface area contributed by atoms with Gasteiger partial charge in [-0.1, -0.05) is 23.7 Å². The van der Waals surface area contributed by atoms with Gasteiger partial charge in [-0.15, -0.1) is 11.8 Å². The molecule has 1 saturated carbocycles. The molecule has 1 aromatic rings. The van der Waals surface area contributed by atoms with Crippen LogP contribution in [0.2, 0.25) is 5.02 Å². The van der Waals surface area contributed by atoms with Crippen LogP contribution in [0.25, 0.3) is 0 Å². The van der Waals surface area contributed by atoms with Gasteiger partial charge in [-0.3, -0.25) is 4.79 Å². The predicted octanol–water partition coefficient (Wildman–Crippen LogP) is 2.65. The largest absolute Gasteiger partial charge is 0.480 e. The lowest BCUT2D eigenvalue weighted by molar-refractivity contribution is -0.149. The fraction of sp³-hybridized carbons (Fsp3) is 0.467. The lowest BCUT2D eigenvalue weighted by atomic mass is 10.1. The minimum Gasteiger partial charge on any atom is -0.480 e. The van der Waals surface area contributed by atoms with E-state index in [1.807, 2.05) is 12.1 Å². The molecule has 1 aliphatic heterocycles. The molecule has 3 rings (SSSR count). The first-order valence-corrected chi connectivity index (χ1v) is 8.39. The van der Waals surface area contributed by atoms with Crippen LogP contribution in [0.15, 0.2) is 24.3 Å². The normalized spacial score (nSPS) is 25.1. The molecular formula is C15H16ClNO3S. The number of hydrogen-bond acceptors (Lipinski definition) is 3. The molecule has 0 bridgehead atoms. The Balaban J connectivity index is 1.76. The molecule has 21 heavy (non-hydrogen) atoms. The molecule has 2 fully saturated rings. The Bertz CT molecular complexity index is 559. The van der Waals surface area contributed by atoms with E-state index in [4.69, 9.17) is 11.6 Å². The van der Waals surface area contributed by atoms with Crippen LogP contribution in [0.1, 0.15) is 18.4 Å². The fourth-order valence-electron chi connectivity index (χ4n) is 2.65. The van der Waals surface area contributed by atoms with Crippen molar-refractivity contribution in [2.24, 2.45) is 5.92 Å². The highest BCUT2D eigenvalue weighted by Crippen LogP contribution is 2.45. The lowest BCUT2D eigenvalue weighted by Crippen LogP contribution is -2.46. The number of nitrogens with zero attached hydrogens (tertiary/aromatic N) is 1. The molecule has 2 unspecified atom stereocenters. The number of carboxylic acids is 1. The summed E-state index contributed by atoms with van der Waals surface area (Å²) in [4.78, 5) is 25.5. The van der Waals surface area contributed by atoms with E-state index in [0.29, 0.717) is 16.7 Å². The van der Waals surface area contributed by atoms with Crippen molar-refractivity contribution in [2.75, 3.05) is 5.75 Å².